The maximum absolute atomic E-state index is 13.2. The Labute approximate surface area is 221 Å². The van der Waals surface area contributed by atoms with Gasteiger partial charge in [0.15, 0.2) is 0 Å². The number of nitrogens with zero attached hydrogens (tertiary/aromatic N) is 5. The minimum Gasteiger partial charge on any atom is -0.497 e. The number of ether oxygens (including phenoxy) is 2. The van der Waals surface area contributed by atoms with Gasteiger partial charge in [0.1, 0.15) is 11.5 Å². The summed E-state index contributed by atoms with van der Waals surface area (Å²) >= 11 is 0. The Morgan fingerprint density at radius 1 is 1.00 bits per heavy atom. The summed E-state index contributed by atoms with van der Waals surface area (Å²) in [6.45, 7) is 5.70. The zero-order valence-electron chi connectivity index (χ0n) is 22.4. The van der Waals surface area contributed by atoms with Crippen LogP contribution in [-0.4, -0.2) is 59.5 Å². The normalized spacial score (nSPS) is 11.8. The highest BCUT2D eigenvalue weighted by molar-refractivity contribution is 5.82. The quantitative estimate of drug-likeness (QED) is 0.233. The topological polar surface area (TPSA) is 77.3 Å². The molecule has 38 heavy (non-hydrogen) atoms. The lowest BCUT2D eigenvalue weighted by Gasteiger charge is -2.26. The van der Waals surface area contributed by atoms with Crippen molar-refractivity contribution >= 4 is 22.4 Å². The summed E-state index contributed by atoms with van der Waals surface area (Å²) in [6.07, 6.45) is 6.14. The molecule has 10 heteroatoms. The monoisotopic (exact) mass is 524 g/mol. The van der Waals surface area contributed by atoms with Crippen molar-refractivity contribution in [1.29, 1.82) is 0 Å². The summed E-state index contributed by atoms with van der Waals surface area (Å²) in [5, 5.41) is 7.26. The fourth-order valence-electron chi connectivity index (χ4n) is 4.09. The van der Waals surface area contributed by atoms with Gasteiger partial charge in [-0.2, -0.15) is 5.10 Å². The van der Waals surface area contributed by atoms with Crippen molar-refractivity contribution in [3.05, 3.63) is 55.0 Å². The minimum atomic E-state index is -2.75. The van der Waals surface area contributed by atoms with Crippen molar-refractivity contribution in [1.82, 2.24) is 25.1 Å². The molecule has 0 aliphatic rings. The summed E-state index contributed by atoms with van der Waals surface area (Å²) in [5.41, 5.74) is 4.87. The second-order valence-electron chi connectivity index (χ2n) is 9.55. The Kier molecular flexibility index (Phi) is 8.41. The van der Waals surface area contributed by atoms with Gasteiger partial charge < -0.3 is 19.7 Å². The Balaban J connectivity index is 1.67. The molecule has 0 atom stereocenters. The SMILES string of the molecule is COc1cc(OC)cc(N(CCCNCC(C)(F)F)c2ccc3ncc(-c4cnn(C(C)C)c4)nc3c2)c1. The molecule has 0 saturated heterocycles. The highest BCUT2D eigenvalue weighted by atomic mass is 19.3. The lowest BCUT2D eigenvalue weighted by molar-refractivity contribution is 0.0229. The number of aromatic nitrogens is 4. The van der Waals surface area contributed by atoms with E-state index < -0.39 is 5.92 Å². The van der Waals surface area contributed by atoms with E-state index in [1.807, 2.05) is 47.3 Å². The van der Waals surface area contributed by atoms with Gasteiger partial charge in [0.25, 0.3) is 5.92 Å². The van der Waals surface area contributed by atoms with Crippen molar-refractivity contribution in [3.8, 4) is 22.8 Å². The first-order valence-corrected chi connectivity index (χ1v) is 12.6. The third kappa shape index (κ3) is 6.74. The van der Waals surface area contributed by atoms with Crippen molar-refractivity contribution in [2.45, 2.75) is 39.2 Å². The first-order valence-electron chi connectivity index (χ1n) is 12.6. The smallest absolute Gasteiger partial charge is 0.257 e. The second kappa shape index (κ2) is 11.7. The fourth-order valence-corrected chi connectivity index (χ4v) is 4.09. The van der Waals surface area contributed by atoms with Crippen molar-refractivity contribution in [2.75, 3.05) is 38.8 Å². The highest BCUT2D eigenvalue weighted by Gasteiger charge is 2.20. The predicted molar refractivity (Wildman–Crippen MR) is 146 cm³/mol. The van der Waals surface area contributed by atoms with Gasteiger partial charge in [-0.25, -0.2) is 13.8 Å². The molecule has 8 nitrogen and oxygen atoms in total. The van der Waals surface area contributed by atoms with Gasteiger partial charge >= 0.3 is 0 Å². The van der Waals surface area contributed by atoms with Crippen molar-refractivity contribution in [2.24, 2.45) is 0 Å². The molecule has 0 amide bonds. The molecule has 4 aromatic rings. The van der Waals surface area contributed by atoms with Crippen LogP contribution in [0.3, 0.4) is 0 Å². The fraction of sp³-hybridized carbons (Fsp3) is 0.393. The number of hydrogen-bond acceptors (Lipinski definition) is 7. The largest absolute Gasteiger partial charge is 0.497 e. The van der Waals surface area contributed by atoms with Crippen LogP contribution < -0.4 is 19.7 Å². The molecular formula is C28H34F2N6O2. The molecule has 0 saturated carbocycles. The number of hydrogen-bond donors (Lipinski definition) is 1. The van der Waals surface area contributed by atoms with Gasteiger partial charge in [-0.3, -0.25) is 9.67 Å². The van der Waals surface area contributed by atoms with Crippen LogP contribution in [0.25, 0.3) is 22.3 Å². The van der Waals surface area contributed by atoms with E-state index in [-0.39, 0.29) is 12.6 Å². The molecule has 2 aromatic carbocycles. The van der Waals surface area contributed by atoms with E-state index in [0.29, 0.717) is 31.0 Å². The standard InChI is InChI=1S/C28H34F2N6O2/c1-19(2)36-17-20(15-33-36)27-16-32-25-8-7-21(13-26(25)34-27)35(10-6-9-31-18-28(3,29)30)22-11-23(37-4)14-24(12-22)38-5/h7-8,11-17,19,31H,6,9-10,18H2,1-5H3. The van der Waals surface area contributed by atoms with Crippen molar-refractivity contribution in [3.63, 3.8) is 0 Å². The number of nitrogens with one attached hydrogen (secondary N) is 1. The summed E-state index contributed by atoms with van der Waals surface area (Å²) in [7, 11) is 3.21. The zero-order chi connectivity index (χ0) is 27.3. The first-order chi connectivity index (χ1) is 18.2. The molecule has 0 aliphatic heterocycles. The lowest BCUT2D eigenvalue weighted by atomic mass is 10.1. The second-order valence-corrected chi connectivity index (χ2v) is 9.55. The van der Waals surface area contributed by atoms with Crippen LogP contribution in [-0.2, 0) is 0 Å². The van der Waals surface area contributed by atoms with Crippen LogP contribution in [0.1, 0.15) is 33.2 Å². The van der Waals surface area contributed by atoms with Gasteiger partial charge in [0, 0.05) is 60.8 Å². The first kappa shape index (κ1) is 27.3. The van der Waals surface area contributed by atoms with Crippen LogP contribution >= 0.6 is 0 Å². The van der Waals surface area contributed by atoms with Crippen LogP contribution in [0.4, 0.5) is 20.2 Å². The summed E-state index contributed by atoms with van der Waals surface area (Å²) in [5.74, 6) is -1.45. The number of benzene rings is 2. The number of anilines is 2. The molecule has 0 unspecified atom stereocenters. The Morgan fingerprint density at radius 3 is 2.37 bits per heavy atom. The number of halogens is 2. The third-order valence-corrected chi connectivity index (χ3v) is 6.08. The molecule has 2 heterocycles. The summed E-state index contributed by atoms with van der Waals surface area (Å²) in [4.78, 5) is 11.6. The molecule has 0 aliphatic carbocycles. The number of alkyl halides is 2. The molecule has 1 N–H and O–H groups in total. The molecule has 4 rings (SSSR count). The molecule has 2 aromatic heterocycles. The molecule has 0 fully saturated rings. The van der Waals surface area contributed by atoms with Gasteiger partial charge in [0.2, 0.25) is 0 Å². The number of fused-ring (bicyclic) bond motifs is 1. The maximum atomic E-state index is 13.2. The van der Waals surface area contributed by atoms with E-state index in [1.165, 1.54) is 0 Å². The minimum absolute atomic E-state index is 0.246. The van der Waals surface area contributed by atoms with E-state index in [9.17, 15) is 8.78 Å². The average molecular weight is 525 g/mol. The zero-order valence-corrected chi connectivity index (χ0v) is 22.4. The van der Waals surface area contributed by atoms with E-state index in [1.54, 1.807) is 26.6 Å². The van der Waals surface area contributed by atoms with Gasteiger partial charge in [0.05, 0.1) is 49.9 Å². The van der Waals surface area contributed by atoms with Gasteiger partial charge in [-0.05, 0) is 45.0 Å². The van der Waals surface area contributed by atoms with Gasteiger partial charge in [-0.15, -0.1) is 0 Å². The highest BCUT2D eigenvalue weighted by Crippen LogP contribution is 2.34. The van der Waals surface area contributed by atoms with Gasteiger partial charge in [-0.1, -0.05) is 0 Å². The van der Waals surface area contributed by atoms with E-state index in [0.717, 1.165) is 40.6 Å². The summed E-state index contributed by atoms with van der Waals surface area (Å²) in [6, 6.07) is 11.8. The molecule has 0 radical (unpaired) electrons. The molecule has 0 spiro atoms. The predicted octanol–water partition coefficient (Wildman–Crippen LogP) is 5.86. The van der Waals surface area contributed by atoms with E-state index >= 15 is 0 Å². The number of methoxy groups -OCH3 is 2. The molecule has 202 valence electrons. The Bertz CT molecular complexity index is 1350. The van der Waals surface area contributed by atoms with Crippen LogP contribution in [0, 0.1) is 0 Å². The molecule has 0 bridgehead atoms. The van der Waals surface area contributed by atoms with Crippen LogP contribution in [0.15, 0.2) is 55.0 Å². The Morgan fingerprint density at radius 2 is 1.74 bits per heavy atom. The van der Waals surface area contributed by atoms with E-state index in [2.05, 4.69) is 34.1 Å². The lowest BCUT2D eigenvalue weighted by Crippen LogP contribution is -2.32. The van der Waals surface area contributed by atoms with Crippen LogP contribution in [0.2, 0.25) is 0 Å². The third-order valence-electron chi connectivity index (χ3n) is 6.08. The Hall–Kier alpha value is -3.79. The van der Waals surface area contributed by atoms with Crippen LogP contribution in [0.5, 0.6) is 11.5 Å². The molecular weight excluding hydrogens is 490 g/mol. The average Bonchev–Trinajstić information content (AvgIpc) is 3.40. The van der Waals surface area contributed by atoms with E-state index in [4.69, 9.17) is 14.5 Å². The number of rotatable bonds is 12. The van der Waals surface area contributed by atoms with Crippen molar-refractivity contribution < 1.29 is 18.3 Å². The maximum Gasteiger partial charge on any atom is 0.257 e. The summed E-state index contributed by atoms with van der Waals surface area (Å²) < 4.78 is 39.3.